The molecule has 8 heteroatoms. The fourth-order valence-electron chi connectivity index (χ4n) is 1.39. The highest BCUT2D eigenvalue weighted by Crippen LogP contribution is 2.49. The largest absolute Gasteiger partial charge is 0.352 e. The lowest BCUT2D eigenvalue weighted by Crippen LogP contribution is -2.06. The molecule has 0 aliphatic heterocycles. The molecule has 0 aliphatic rings. The maximum atomic E-state index is 11.2. The molecule has 0 fully saturated rings. The van der Waals surface area contributed by atoms with Gasteiger partial charge in [-0.25, -0.2) is 15.0 Å². The van der Waals surface area contributed by atoms with Crippen molar-refractivity contribution in [3.8, 4) is 0 Å². The third-order valence-electron chi connectivity index (χ3n) is 2.08. The van der Waals surface area contributed by atoms with Gasteiger partial charge in [-0.2, -0.15) is 0 Å². The highest BCUT2D eigenvalue weighted by Gasteiger charge is 2.28. The molecule has 0 saturated heterocycles. The molecule has 0 aromatic carbocycles. The molecule has 0 bridgehead atoms. The second-order valence-corrected chi connectivity index (χ2v) is 4.83. The maximum absolute atomic E-state index is 11.2. The van der Waals surface area contributed by atoms with Crippen LogP contribution in [-0.2, 0) is 4.57 Å². The number of rotatable bonds is 3. The van der Waals surface area contributed by atoms with E-state index < -0.39 is 13.4 Å². The number of nitrogens with zero attached hydrogens (tertiary/aromatic N) is 4. The van der Waals surface area contributed by atoms with Gasteiger partial charge in [0.1, 0.15) is 11.8 Å². The first-order chi connectivity index (χ1) is 7.54. The standard InChI is InChI=1S/C8H9N4O3P/c1-2-7(16(13,14)15)12-5-11-6-3-9-4-10-8(6)12/h2-5,7H,1H2,(H2,13,14,15). The number of hydrogen-bond acceptors (Lipinski definition) is 4. The summed E-state index contributed by atoms with van der Waals surface area (Å²) < 4.78 is 12.5. The van der Waals surface area contributed by atoms with Gasteiger partial charge in [0.05, 0.1) is 12.5 Å². The van der Waals surface area contributed by atoms with E-state index in [1.807, 2.05) is 0 Å². The second kappa shape index (κ2) is 3.79. The minimum atomic E-state index is -4.32. The molecule has 2 N–H and O–H groups in total. The third kappa shape index (κ3) is 1.76. The van der Waals surface area contributed by atoms with Crippen LogP contribution in [0.25, 0.3) is 11.2 Å². The Labute approximate surface area is 90.6 Å². The Kier molecular flexibility index (Phi) is 2.59. The van der Waals surface area contributed by atoms with Crippen LogP contribution in [0.2, 0.25) is 0 Å². The lowest BCUT2D eigenvalue weighted by molar-refractivity contribution is 0.353. The SMILES string of the molecule is C=CC(n1cnc2cncnc21)P(=O)(O)O. The summed E-state index contributed by atoms with van der Waals surface area (Å²) in [6.07, 6.45) is 5.24. The molecule has 0 aliphatic carbocycles. The lowest BCUT2D eigenvalue weighted by Gasteiger charge is -2.15. The monoisotopic (exact) mass is 240 g/mol. The van der Waals surface area contributed by atoms with Crippen molar-refractivity contribution in [1.82, 2.24) is 19.5 Å². The van der Waals surface area contributed by atoms with Gasteiger partial charge >= 0.3 is 7.60 Å². The normalized spacial score (nSPS) is 13.9. The van der Waals surface area contributed by atoms with E-state index in [2.05, 4.69) is 21.5 Å². The molecule has 7 nitrogen and oxygen atoms in total. The summed E-state index contributed by atoms with van der Waals surface area (Å²) in [5.41, 5.74) is 0.839. The van der Waals surface area contributed by atoms with E-state index in [1.54, 1.807) is 0 Å². The Hall–Kier alpha value is -1.56. The van der Waals surface area contributed by atoms with Gasteiger partial charge in [0.15, 0.2) is 11.4 Å². The molecule has 0 amide bonds. The predicted molar refractivity (Wildman–Crippen MR) is 56.6 cm³/mol. The van der Waals surface area contributed by atoms with Crippen LogP contribution in [0.3, 0.4) is 0 Å². The summed E-state index contributed by atoms with van der Waals surface area (Å²) in [5.74, 6) is -1.16. The number of allylic oxidation sites excluding steroid dienone is 1. The van der Waals surface area contributed by atoms with Gasteiger partial charge in [-0.1, -0.05) is 6.08 Å². The van der Waals surface area contributed by atoms with E-state index in [0.29, 0.717) is 11.2 Å². The van der Waals surface area contributed by atoms with Crippen LogP contribution in [0, 0.1) is 0 Å². The average molecular weight is 240 g/mol. The van der Waals surface area contributed by atoms with Gasteiger partial charge in [0.25, 0.3) is 0 Å². The Bertz CT molecular complexity index is 575. The van der Waals surface area contributed by atoms with Gasteiger partial charge in [-0.05, 0) is 0 Å². The van der Waals surface area contributed by atoms with Crippen molar-refractivity contribution < 1.29 is 14.4 Å². The van der Waals surface area contributed by atoms with Crippen molar-refractivity contribution >= 4 is 18.8 Å². The molecule has 16 heavy (non-hydrogen) atoms. The smallest absolute Gasteiger partial charge is 0.323 e. The summed E-state index contributed by atoms with van der Waals surface area (Å²) >= 11 is 0. The van der Waals surface area contributed by atoms with Gasteiger partial charge < -0.3 is 9.79 Å². The third-order valence-corrected chi connectivity index (χ3v) is 3.23. The van der Waals surface area contributed by atoms with Crippen molar-refractivity contribution in [3.05, 3.63) is 31.5 Å². The zero-order valence-corrected chi connectivity index (χ0v) is 9.03. The van der Waals surface area contributed by atoms with Crippen molar-refractivity contribution in [2.75, 3.05) is 0 Å². The molecule has 2 aromatic heterocycles. The topological polar surface area (TPSA) is 101 Å². The van der Waals surface area contributed by atoms with Gasteiger partial charge in [0.2, 0.25) is 0 Å². The summed E-state index contributed by atoms with van der Waals surface area (Å²) in [4.78, 5) is 29.9. The van der Waals surface area contributed by atoms with E-state index in [-0.39, 0.29) is 0 Å². The second-order valence-electron chi connectivity index (χ2n) is 3.12. The lowest BCUT2D eigenvalue weighted by atomic mass is 10.5. The van der Waals surface area contributed by atoms with Crippen molar-refractivity contribution in [1.29, 1.82) is 0 Å². The zero-order valence-electron chi connectivity index (χ0n) is 8.13. The van der Waals surface area contributed by atoms with Crippen molar-refractivity contribution in [3.63, 3.8) is 0 Å². The zero-order chi connectivity index (χ0) is 11.8. The molecule has 84 valence electrons. The first kappa shape index (κ1) is 10.9. The Morgan fingerprint density at radius 2 is 2.25 bits per heavy atom. The molecule has 1 unspecified atom stereocenters. The Morgan fingerprint density at radius 1 is 1.50 bits per heavy atom. The van der Waals surface area contributed by atoms with E-state index >= 15 is 0 Å². The van der Waals surface area contributed by atoms with Gasteiger partial charge in [-0.3, -0.25) is 9.13 Å². The van der Waals surface area contributed by atoms with Crippen LogP contribution in [-0.4, -0.2) is 29.3 Å². The molecule has 0 saturated carbocycles. The first-order valence-corrected chi connectivity index (χ1v) is 6.02. The predicted octanol–water partition coefficient (Wildman–Crippen LogP) is 0.689. The summed E-state index contributed by atoms with van der Waals surface area (Å²) in [6, 6.07) is 0. The molecule has 0 radical (unpaired) electrons. The summed E-state index contributed by atoms with van der Waals surface area (Å²) in [7, 11) is -4.32. The maximum Gasteiger partial charge on any atom is 0.352 e. The summed E-state index contributed by atoms with van der Waals surface area (Å²) in [6.45, 7) is 3.41. The number of imidazole rings is 1. The first-order valence-electron chi connectivity index (χ1n) is 4.34. The summed E-state index contributed by atoms with van der Waals surface area (Å²) in [5, 5.41) is 0. The van der Waals surface area contributed by atoms with Crippen molar-refractivity contribution in [2.45, 2.75) is 5.78 Å². The minimum absolute atomic E-state index is 0.364. The highest BCUT2D eigenvalue weighted by molar-refractivity contribution is 7.52. The van der Waals surface area contributed by atoms with Crippen LogP contribution in [0.5, 0.6) is 0 Å². The molecule has 1 atom stereocenters. The van der Waals surface area contributed by atoms with Crippen LogP contribution in [0.15, 0.2) is 31.5 Å². The molecular formula is C8H9N4O3P. The Morgan fingerprint density at radius 3 is 2.88 bits per heavy atom. The van der Waals surface area contributed by atoms with Gasteiger partial charge in [0, 0.05) is 0 Å². The number of fused-ring (bicyclic) bond motifs is 1. The van der Waals surface area contributed by atoms with E-state index in [1.165, 1.54) is 29.5 Å². The quantitative estimate of drug-likeness (QED) is 0.604. The van der Waals surface area contributed by atoms with Crippen molar-refractivity contribution in [2.24, 2.45) is 0 Å². The average Bonchev–Trinajstić information content (AvgIpc) is 2.61. The van der Waals surface area contributed by atoms with E-state index in [0.717, 1.165) is 0 Å². The molecular weight excluding hydrogens is 231 g/mol. The highest BCUT2D eigenvalue weighted by atomic mass is 31.2. The fraction of sp³-hybridized carbons (Fsp3) is 0.125. The van der Waals surface area contributed by atoms with E-state index in [4.69, 9.17) is 9.79 Å². The molecule has 2 heterocycles. The van der Waals surface area contributed by atoms with Crippen LogP contribution >= 0.6 is 7.60 Å². The van der Waals surface area contributed by atoms with Crippen LogP contribution < -0.4 is 0 Å². The number of hydrogen-bond donors (Lipinski definition) is 2. The molecule has 0 spiro atoms. The van der Waals surface area contributed by atoms with Crippen LogP contribution in [0.1, 0.15) is 5.78 Å². The van der Waals surface area contributed by atoms with Gasteiger partial charge in [-0.15, -0.1) is 6.58 Å². The molecule has 2 aromatic rings. The number of aromatic nitrogens is 4. The fourth-order valence-corrected chi connectivity index (χ4v) is 2.16. The Balaban J connectivity index is 2.63. The molecule has 2 rings (SSSR count). The van der Waals surface area contributed by atoms with E-state index in [9.17, 15) is 4.57 Å². The van der Waals surface area contributed by atoms with Crippen LogP contribution in [0.4, 0.5) is 0 Å². The minimum Gasteiger partial charge on any atom is -0.323 e.